The fraction of sp³-hybridized carbons (Fsp3) is 0.700. The summed E-state index contributed by atoms with van der Waals surface area (Å²) in [5, 5.41) is 11.3. The fourth-order valence-electron chi connectivity index (χ4n) is 0.879. The van der Waals surface area contributed by atoms with Crippen molar-refractivity contribution in [3.8, 4) is 0 Å². The monoisotopic (exact) mass is 185 g/mol. The highest BCUT2D eigenvalue weighted by Gasteiger charge is 2.05. The van der Waals surface area contributed by atoms with E-state index in [0.29, 0.717) is 0 Å². The molecular weight excluding hydrogens is 166 g/mol. The van der Waals surface area contributed by atoms with Crippen molar-refractivity contribution in [1.29, 1.82) is 0 Å². The highest BCUT2D eigenvalue weighted by atomic mass is 16.4. The molecule has 0 radical (unpaired) electrons. The molecule has 0 aliphatic carbocycles. The molecule has 0 aliphatic heterocycles. The summed E-state index contributed by atoms with van der Waals surface area (Å²) < 4.78 is 0. The second-order valence-corrected chi connectivity index (χ2v) is 3.12. The van der Waals surface area contributed by atoms with Crippen LogP contribution >= 0.6 is 0 Å². The molecule has 0 bridgehead atoms. The van der Waals surface area contributed by atoms with Crippen LogP contribution in [0.25, 0.3) is 0 Å². The molecule has 0 aromatic carbocycles. The number of carboxylic acids is 1. The molecule has 3 heteroatoms. The van der Waals surface area contributed by atoms with Crippen LogP contribution in [-0.2, 0) is 4.79 Å². The SMILES string of the molecule is CCCCCC=CNC(C)C(=O)O. The Balaban J connectivity index is 3.35. The third-order valence-electron chi connectivity index (χ3n) is 1.81. The zero-order valence-corrected chi connectivity index (χ0v) is 8.42. The summed E-state index contributed by atoms with van der Waals surface area (Å²) >= 11 is 0. The standard InChI is InChI=1S/C10H19NO2/c1-3-4-5-6-7-8-11-9(2)10(12)13/h7-9,11H,3-6H2,1-2H3,(H,12,13). The van der Waals surface area contributed by atoms with Gasteiger partial charge in [-0.25, -0.2) is 0 Å². The van der Waals surface area contributed by atoms with Gasteiger partial charge in [0, 0.05) is 0 Å². The molecule has 1 atom stereocenters. The molecule has 0 heterocycles. The van der Waals surface area contributed by atoms with E-state index in [4.69, 9.17) is 5.11 Å². The largest absolute Gasteiger partial charge is 0.480 e. The van der Waals surface area contributed by atoms with Gasteiger partial charge >= 0.3 is 5.97 Å². The van der Waals surface area contributed by atoms with E-state index in [1.807, 2.05) is 6.08 Å². The number of carboxylic acid groups (broad SMARTS) is 1. The molecule has 0 rings (SSSR count). The minimum atomic E-state index is -0.821. The Kier molecular flexibility index (Phi) is 7.07. The van der Waals surface area contributed by atoms with Gasteiger partial charge in [-0.05, 0) is 26.0 Å². The van der Waals surface area contributed by atoms with E-state index in [1.165, 1.54) is 19.3 Å². The highest BCUT2D eigenvalue weighted by molar-refractivity contribution is 5.72. The summed E-state index contributed by atoms with van der Waals surface area (Å²) in [6.45, 7) is 3.78. The minimum absolute atomic E-state index is 0.498. The number of aliphatic carboxylic acids is 1. The Morgan fingerprint density at radius 1 is 1.54 bits per heavy atom. The Morgan fingerprint density at radius 2 is 2.23 bits per heavy atom. The first kappa shape index (κ1) is 12.0. The average Bonchev–Trinajstić information content (AvgIpc) is 2.10. The van der Waals surface area contributed by atoms with Gasteiger partial charge in [-0.2, -0.15) is 0 Å². The molecular formula is C10H19NO2. The molecule has 3 nitrogen and oxygen atoms in total. The average molecular weight is 185 g/mol. The quantitative estimate of drug-likeness (QED) is 0.597. The first-order valence-corrected chi connectivity index (χ1v) is 4.82. The summed E-state index contributed by atoms with van der Waals surface area (Å²) in [7, 11) is 0. The van der Waals surface area contributed by atoms with Crippen molar-refractivity contribution in [1.82, 2.24) is 5.32 Å². The zero-order valence-electron chi connectivity index (χ0n) is 8.42. The predicted molar refractivity (Wildman–Crippen MR) is 53.5 cm³/mol. The van der Waals surface area contributed by atoms with Gasteiger partial charge in [-0.1, -0.05) is 25.8 Å². The van der Waals surface area contributed by atoms with E-state index in [9.17, 15) is 4.79 Å². The van der Waals surface area contributed by atoms with Crippen LogP contribution in [0.5, 0.6) is 0 Å². The maximum atomic E-state index is 10.4. The Hall–Kier alpha value is -0.990. The third-order valence-corrected chi connectivity index (χ3v) is 1.81. The lowest BCUT2D eigenvalue weighted by Crippen LogP contribution is -2.29. The van der Waals surface area contributed by atoms with E-state index in [0.717, 1.165) is 6.42 Å². The van der Waals surface area contributed by atoms with Crippen molar-refractivity contribution in [2.75, 3.05) is 0 Å². The van der Waals surface area contributed by atoms with Crippen LogP contribution in [-0.4, -0.2) is 17.1 Å². The number of rotatable bonds is 7. The van der Waals surface area contributed by atoms with E-state index in [1.54, 1.807) is 13.1 Å². The summed E-state index contributed by atoms with van der Waals surface area (Å²) in [5.41, 5.74) is 0. The molecule has 76 valence electrons. The van der Waals surface area contributed by atoms with Gasteiger partial charge in [0.25, 0.3) is 0 Å². The van der Waals surface area contributed by atoms with Crippen molar-refractivity contribution < 1.29 is 9.90 Å². The summed E-state index contributed by atoms with van der Waals surface area (Å²) in [6, 6.07) is -0.498. The highest BCUT2D eigenvalue weighted by Crippen LogP contribution is 1.98. The van der Waals surface area contributed by atoms with Crippen LogP contribution in [0, 0.1) is 0 Å². The number of carbonyl (C=O) groups is 1. The first-order chi connectivity index (χ1) is 6.18. The summed E-state index contributed by atoms with van der Waals surface area (Å²) in [6.07, 6.45) is 8.36. The maximum absolute atomic E-state index is 10.4. The van der Waals surface area contributed by atoms with Crippen LogP contribution in [0.2, 0.25) is 0 Å². The van der Waals surface area contributed by atoms with Gasteiger partial charge in [0.05, 0.1) is 0 Å². The van der Waals surface area contributed by atoms with Crippen LogP contribution in [0.15, 0.2) is 12.3 Å². The van der Waals surface area contributed by atoms with E-state index < -0.39 is 12.0 Å². The van der Waals surface area contributed by atoms with Crippen LogP contribution in [0.4, 0.5) is 0 Å². The normalized spacial score (nSPS) is 13.1. The van der Waals surface area contributed by atoms with Gasteiger partial charge in [-0.3, -0.25) is 4.79 Å². The van der Waals surface area contributed by atoms with Crippen LogP contribution in [0.1, 0.15) is 39.5 Å². The number of hydrogen-bond acceptors (Lipinski definition) is 2. The Bertz CT molecular complexity index is 166. The number of nitrogens with one attached hydrogen (secondary N) is 1. The van der Waals surface area contributed by atoms with Gasteiger partial charge < -0.3 is 10.4 Å². The van der Waals surface area contributed by atoms with Crippen LogP contribution < -0.4 is 5.32 Å². The Morgan fingerprint density at radius 3 is 2.77 bits per heavy atom. The lowest BCUT2D eigenvalue weighted by Gasteiger charge is -2.04. The van der Waals surface area contributed by atoms with Crippen molar-refractivity contribution in [2.24, 2.45) is 0 Å². The van der Waals surface area contributed by atoms with Crippen molar-refractivity contribution in [3.63, 3.8) is 0 Å². The lowest BCUT2D eigenvalue weighted by atomic mass is 10.2. The van der Waals surface area contributed by atoms with E-state index in [-0.39, 0.29) is 0 Å². The predicted octanol–water partition coefficient (Wildman–Crippen LogP) is 2.14. The third kappa shape index (κ3) is 7.37. The molecule has 13 heavy (non-hydrogen) atoms. The summed E-state index contributed by atoms with van der Waals surface area (Å²) in [4.78, 5) is 10.4. The second kappa shape index (κ2) is 7.65. The van der Waals surface area contributed by atoms with Crippen molar-refractivity contribution in [3.05, 3.63) is 12.3 Å². The van der Waals surface area contributed by atoms with Gasteiger partial charge in [0.1, 0.15) is 6.04 Å². The van der Waals surface area contributed by atoms with Crippen molar-refractivity contribution >= 4 is 5.97 Å². The first-order valence-electron chi connectivity index (χ1n) is 4.82. The number of hydrogen-bond donors (Lipinski definition) is 2. The molecule has 0 saturated heterocycles. The van der Waals surface area contributed by atoms with Crippen LogP contribution in [0.3, 0.4) is 0 Å². The van der Waals surface area contributed by atoms with Gasteiger partial charge in [-0.15, -0.1) is 0 Å². The number of allylic oxidation sites excluding steroid dienone is 1. The van der Waals surface area contributed by atoms with Gasteiger partial charge in [0.15, 0.2) is 0 Å². The smallest absolute Gasteiger partial charge is 0.325 e. The molecule has 0 aliphatic rings. The van der Waals surface area contributed by atoms with E-state index >= 15 is 0 Å². The molecule has 0 aromatic rings. The molecule has 0 fully saturated rings. The lowest BCUT2D eigenvalue weighted by molar-refractivity contribution is -0.138. The van der Waals surface area contributed by atoms with Crippen molar-refractivity contribution in [2.45, 2.75) is 45.6 Å². The fourth-order valence-corrected chi connectivity index (χ4v) is 0.879. The molecule has 2 N–H and O–H groups in total. The van der Waals surface area contributed by atoms with E-state index in [2.05, 4.69) is 12.2 Å². The minimum Gasteiger partial charge on any atom is -0.480 e. The molecule has 0 spiro atoms. The molecule has 0 amide bonds. The second-order valence-electron chi connectivity index (χ2n) is 3.12. The topological polar surface area (TPSA) is 49.3 Å². The van der Waals surface area contributed by atoms with Gasteiger partial charge in [0.2, 0.25) is 0 Å². The summed E-state index contributed by atoms with van der Waals surface area (Å²) in [5.74, 6) is -0.821. The maximum Gasteiger partial charge on any atom is 0.325 e. The molecule has 1 unspecified atom stereocenters. The molecule has 0 aromatic heterocycles. The Labute approximate surface area is 79.8 Å². The number of unbranched alkanes of at least 4 members (excludes halogenated alkanes) is 3. The molecule has 0 saturated carbocycles. The zero-order chi connectivity index (χ0) is 10.1.